The number of carbonyl (C=O) groups is 2. The predicted octanol–water partition coefficient (Wildman–Crippen LogP) is 2.16. The Hall–Kier alpha value is -2.93. The molecule has 3 rings (SSSR count). The SMILES string of the molecule is O=C(COC(=O)c1cc(Cl)ccc1O)NC[C@H]1COc2ccccc2O1. The van der Waals surface area contributed by atoms with Crippen molar-refractivity contribution in [2.24, 2.45) is 0 Å². The number of halogens is 1. The van der Waals surface area contributed by atoms with Crippen LogP contribution in [0.25, 0.3) is 0 Å². The van der Waals surface area contributed by atoms with E-state index in [0.29, 0.717) is 18.1 Å². The fourth-order valence-electron chi connectivity index (χ4n) is 2.32. The highest BCUT2D eigenvalue weighted by Crippen LogP contribution is 2.30. The third-order valence-corrected chi connectivity index (χ3v) is 3.84. The van der Waals surface area contributed by atoms with E-state index in [1.807, 2.05) is 12.1 Å². The molecule has 0 aliphatic carbocycles. The standard InChI is InChI=1S/C18H16ClNO6/c19-11-5-6-14(21)13(7-11)18(23)25-10-17(22)20-8-12-9-24-15-3-1-2-4-16(15)26-12/h1-7,12,21H,8-10H2,(H,20,22)/t12-/m0/s1. The maximum absolute atomic E-state index is 11.9. The van der Waals surface area contributed by atoms with E-state index in [0.717, 1.165) is 0 Å². The monoisotopic (exact) mass is 377 g/mol. The minimum Gasteiger partial charge on any atom is -0.507 e. The Bertz CT molecular complexity index is 825. The van der Waals surface area contributed by atoms with E-state index in [1.54, 1.807) is 12.1 Å². The molecule has 1 aliphatic rings. The molecule has 0 spiro atoms. The van der Waals surface area contributed by atoms with E-state index in [1.165, 1.54) is 18.2 Å². The molecule has 0 unspecified atom stereocenters. The molecule has 2 aromatic rings. The van der Waals surface area contributed by atoms with Gasteiger partial charge in [0.2, 0.25) is 0 Å². The zero-order valence-corrected chi connectivity index (χ0v) is 14.4. The van der Waals surface area contributed by atoms with Crippen molar-refractivity contribution in [2.75, 3.05) is 19.8 Å². The van der Waals surface area contributed by atoms with Gasteiger partial charge in [0, 0.05) is 5.02 Å². The van der Waals surface area contributed by atoms with E-state index in [2.05, 4.69) is 5.32 Å². The molecule has 1 heterocycles. The lowest BCUT2D eigenvalue weighted by Crippen LogP contribution is -2.42. The van der Waals surface area contributed by atoms with Crippen molar-refractivity contribution in [3.8, 4) is 17.2 Å². The van der Waals surface area contributed by atoms with Crippen LogP contribution in [-0.4, -0.2) is 42.8 Å². The number of para-hydroxylation sites is 2. The van der Waals surface area contributed by atoms with Crippen LogP contribution in [0, 0.1) is 0 Å². The predicted molar refractivity (Wildman–Crippen MR) is 92.8 cm³/mol. The lowest BCUT2D eigenvalue weighted by Gasteiger charge is -2.26. The summed E-state index contributed by atoms with van der Waals surface area (Å²) in [6, 6.07) is 11.2. The fraction of sp³-hybridized carbons (Fsp3) is 0.222. The van der Waals surface area contributed by atoms with Gasteiger partial charge in [0.1, 0.15) is 24.0 Å². The second-order valence-electron chi connectivity index (χ2n) is 5.54. The number of aromatic hydroxyl groups is 1. The average molecular weight is 378 g/mol. The highest BCUT2D eigenvalue weighted by atomic mass is 35.5. The van der Waals surface area contributed by atoms with E-state index in [-0.39, 0.29) is 29.0 Å². The van der Waals surface area contributed by atoms with Crippen molar-refractivity contribution in [1.82, 2.24) is 5.32 Å². The summed E-state index contributed by atoms with van der Waals surface area (Å²) >= 11 is 5.77. The number of phenols is 1. The minimum atomic E-state index is -0.841. The number of rotatable bonds is 5. The summed E-state index contributed by atoms with van der Waals surface area (Å²) in [4.78, 5) is 23.7. The third-order valence-electron chi connectivity index (χ3n) is 3.61. The van der Waals surface area contributed by atoms with Crippen molar-refractivity contribution >= 4 is 23.5 Å². The van der Waals surface area contributed by atoms with Crippen molar-refractivity contribution < 1.29 is 28.9 Å². The summed E-state index contributed by atoms with van der Waals surface area (Å²) in [6.45, 7) is 0.00948. The Balaban J connectivity index is 1.45. The molecular formula is C18H16ClNO6. The molecule has 8 heteroatoms. The Morgan fingerprint density at radius 1 is 1.23 bits per heavy atom. The van der Waals surface area contributed by atoms with Crippen LogP contribution in [0.3, 0.4) is 0 Å². The van der Waals surface area contributed by atoms with Gasteiger partial charge in [-0.1, -0.05) is 23.7 Å². The topological polar surface area (TPSA) is 94.1 Å². The third kappa shape index (κ3) is 4.37. The fourth-order valence-corrected chi connectivity index (χ4v) is 2.50. The van der Waals surface area contributed by atoms with Crippen LogP contribution in [0.5, 0.6) is 17.2 Å². The molecule has 1 atom stereocenters. The summed E-state index contributed by atoms with van der Waals surface area (Å²) in [5.41, 5.74) is -0.106. The van der Waals surface area contributed by atoms with Crippen LogP contribution in [0.4, 0.5) is 0 Å². The van der Waals surface area contributed by atoms with Crippen molar-refractivity contribution in [2.45, 2.75) is 6.10 Å². The quantitative estimate of drug-likeness (QED) is 0.775. The molecule has 26 heavy (non-hydrogen) atoms. The number of amides is 1. The molecule has 0 radical (unpaired) electrons. The van der Waals surface area contributed by atoms with E-state index in [4.69, 9.17) is 25.8 Å². The van der Waals surface area contributed by atoms with Crippen molar-refractivity contribution in [3.63, 3.8) is 0 Å². The zero-order chi connectivity index (χ0) is 18.5. The van der Waals surface area contributed by atoms with E-state index in [9.17, 15) is 14.7 Å². The van der Waals surface area contributed by atoms with Crippen molar-refractivity contribution in [3.05, 3.63) is 53.1 Å². The maximum Gasteiger partial charge on any atom is 0.342 e. The summed E-state index contributed by atoms with van der Waals surface area (Å²) in [7, 11) is 0. The van der Waals surface area contributed by atoms with Crippen molar-refractivity contribution in [1.29, 1.82) is 0 Å². The first-order chi connectivity index (χ1) is 12.5. The summed E-state index contributed by atoms with van der Waals surface area (Å²) < 4.78 is 16.1. The van der Waals surface area contributed by atoms with Gasteiger partial charge in [-0.3, -0.25) is 4.79 Å². The first-order valence-electron chi connectivity index (χ1n) is 7.84. The van der Waals surface area contributed by atoms with Crippen LogP contribution in [0.2, 0.25) is 5.02 Å². The summed E-state index contributed by atoms with van der Waals surface area (Å²) in [5, 5.41) is 12.5. The Labute approximate surface area is 154 Å². The van der Waals surface area contributed by atoms with Crippen LogP contribution < -0.4 is 14.8 Å². The number of fused-ring (bicyclic) bond motifs is 1. The van der Waals surface area contributed by atoms with Gasteiger partial charge in [-0.2, -0.15) is 0 Å². The number of nitrogens with one attached hydrogen (secondary N) is 1. The largest absolute Gasteiger partial charge is 0.507 e. The number of hydrogen-bond acceptors (Lipinski definition) is 6. The summed E-state index contributed by atoms with van der Waals surface area (Å²) in [6.07, 6.45) is -0.346. The molecular weight excluding hydrogens is 362 g/mol. The highest BCUT2D eigenvalue weighted by Gasteiger charge is 2.21. The maximum atomic E-state index is 11.9. The second kappa shape index (κ2) is 7.97. The van der Waals surface area contributed by atoms with Gasteiger partial charge in [-0.25, -0.2) is 4.79 Å². The van der Waals surface area contributed by atoms with Crippen LogP contribution >= 0.6 is 11.6 Å². The molecule has 0 aromatic heterocycles. The van der Waals surface area contributed by atoms with Gasteiger partial charge in [-0.05, 0) is 30.3 Å². The van der Waals surface area contributed by atoms with Gasteiger partial charge in [0.15, 0.2) is 18.1 Å². The van der Waals surface area contributed by atoms with Gasteiger partial charge in [0.25, 0.3) is 5.91 Å². The molecule has 1 amide bonds. The van der Waals surface area contributed by atoms with Crippen LogP contribution in [0.15, 0.2) is 42.5 Å². The highest BCUT2D eigenvalue weighted by molar-refractivity contribution is 6.31. The lowest BCUT2D eigenvalue weighted by molar-refractivity contribution is -0.124. The Morgan fingerprint density at radius 2 is 2.00 bits per heavy atom. The van der Waals surface area contributed by atoms with E-state index < -0.39 is 18.5 Å². The molecule has 0 saturated heterocycles. The average Bonchev–Trinajstić information content (AvgIpc) is 2.66. The first kappa shape index (κ1) is 17.9. The van der Waals surface area contributed by atoms with Gasteiger partial charge in [0.05, 0.1) is 6.54 Å². The number of benzene rings is 2. The van der Waals surface area contributed by atoms with Crippen LogP contribution in [-0.2, 0) is 9.53 Å². The normalized spacial score (nSPS) is 15.2. The number of phenolic OH excluding ortho intramolecular Hbond substituents is 1. The van der Waals surface area contributed by atoms with Crippen LogP contribution in [0.1, 0.15) is 10.4 Å². The molecule has 1 aliphatic heterocycles. The molecule has 0 fully saturated rings. The first-order valence-corrected chi connectivity index (χ1v) is 8.21. The zero-order valence-electron chi connectivity index (χ0n) is 13.6. The van der Waals surface area contributed by atoms with E-state index >= 15 is 0 Å². The van der Waals surface area contributed by atoms with Gasteiger partial charge < -0.3 is 24.6 Å². The minimum absolute atomic E-state index is 0.106. The lowest BCUT2D eigenvalue weighted by atomic mass is 10.2. The molecule has 7 nitrogen and oxygen atoms in total. The Morgan fingerprint density at radius 3 is 2.81 bits per heavy atom. The number of esters is 1. The molecule has 2 N–H and O–H groups in total. The second-order valence-corrected chi connectivity index (χ2v) is 5.98. The smallest absolute Gasteiger partial charge is 0.342 e. The number of ether oxygens (including phenoxy) is 3. The molecule has 2 aromatic carbocycles. The molecule has 0 bridgehead atoms. The van der Waals surface area contributed by atoms with Gasteiger partial charge in [-0.15, -0.1) is 0 Å². The summed E-state index contributed by atoms with van der Waals surface area (Å²) in [5.74, 6) is -0.342. The Kier molecular flexibility index (Phi) is 5.48. The number of hydrogen-bond donors (Lipinski definition) is 2. The number of carbonyl (C=O) groups excluding carboxylic acids is 2. The van der Waals surface area contributed by atoms with Gasteiger partial charge >= 0.3 is 5.97 Å². The molecule has 136 valence electrons. The molecule has 0 saturated carbocycles.